The maximum absolute atomic E-state index is 10.9. The number of nitrogens with zero attached hydrogens (tertiary/aromatic N) is 2. The quantitative estimate of drug-likeness (QED) is 0.920. The third-order valence-electron chi connectivity index (χ3n) is 3.36. The van der Waals surface area contributed by atoms with Crippen molar-refractivity contribution in [2.45, 2.75) is 27.2 Å². The van der Waals surface area contributed by atoms with Gasteiger partial charge in [-0.05, 0) is 26.3 Å². The maximum Gasteiger partial charge on any atom is 0.309 e. The maximum atomic E-state index is 10.9. The van der Waals surface area contributed by atoms with Gasteiger partial charge >= 0.3 is 5.97 Å². The summed E-state index contributed by atoms with van der Waals surface area (Å²) in [7, 11) is 1.87. The number of carboxylic acids is 1. The molecule has 0 bridgehead atoms. The SMILES string of the molecule is Cc1ccc(-c2nc(C)c(CC(=O)O)n2C)c(C)c1. The lowest BCUT2D eigenvalue weighted by Gasteiger charge is -2.08. The third-order valence-corrected chi connectivity index (χ3v) is 3.36. The Hall–Kier alpha value is -2.10. The molecule has 0 saturated heterocycles. The molecule has 0 spiro atoms. The minimum Gasteiger partial charge on any atom is -0.481 e. The van der Waals surface area contributed by atoms with Crippen LogP contribution in [0.4, 0.5) is 0 Å². The lowest BCUT2D eigenvalue weighted by molar-refractivity contribution is -0.136. The van der Waals surface area contributed by atoms with E-state index in [1.807, 2.05) is 37.6 Å². The van der Waals surface area contributed by atoms with Gasteiger partial charge in [-0.3, -0.25) is 4.79 Å². The van der Waals surface area contributed by atoms with Crippen LogP contribution >= 0.6 is 0 Å². The Labute approximate surface area is 112 Å². The molecule has 2 aromatic rings. The average Bonchev–Trinajstić information content (AvgIpc) is 2.57. The Balaban J connectivity index is 2.54. The van der Waals surface area contributed by atoms with Gasteiger partial charge in [-0.25, -0.2) is 4.98 Å². The highest BCUT2D eigenvalue weighted by Crippen LogP contribution is 2.25. The lowest BCUT2D eigenvalue weighted by Crippen LogP contribution is -2.07. The summed E-state index contributed by atoms with van der Waals surface area (Å²) in [6.07, 6.45) is 0.000240. The molecule has 1 aromatic heterocycles. The highest BCUT2D eigenvalue weighted by molar-refractivity contribution is 5.71. The third kappa shape index (κ3) is 2.52. The molecule has 0 unspecified atom stereocenters. The zero-order valence-electron chi connectivity index (χ0n) is 11.7. The van der Waals surface area contributed by atoms with E-state index in [1.165, 1.54) is 5.56 Å². The van der Waals surface area contributed by atoms with Crippen LogP contribution in [0, 0.1) is 20.8 Å². The van der Waals surface area contributed by atoms with E-state index in [-0.39, 0.29) is 6.42 Å². The van der Waals surface area contributed by atoms with Crippen LogP contribution in [0.5, 0.6) is 0 Å². The fourth-order valence-corrected chi connectivity index (χ4v) is 2.36. The van der Waals surface area contributed by atoms with Crippen LogP contribution < -0.4 is 0 Å². The molecular weight excluding hydrogens is 240 g/mol. The molecule has 0 aliphatic heterocycles. The van der Waals surface area contributed by atoms with Crippen molar-refractivity contribution in [1.82, 2.24) is 9.55 Å². The van der Waals surface area contributed by atoms with Crippen LogP contribution in [-0.4, -0.2) is 20.6 Å². The van der Waals surface area contributed by atoms with Gasteiger partial charge in [-0.2, -0.15) is 0 Å². The number of aryl methyl sites for hydroxylation is 3. The van der Waals surface area contributed by atoms with Crippen LogP contribution in [0.3, 0.4) is 0 Å². The Morgan fingerprint density at radius 1 is 1.32 bits per heavy atom. The normalized spacial score (nSPS) is 10.7. The summed E-state index contributed by atoms with van der Waals surface area (Å²) >= 11 is 0. The first-order valence-corrected chi connectivity index (χ1v) is 6.21. The molecule has 4 heteroatoms. The number of benzene rings is 1. The molecule has 0 atom stereocenters. The summed E-state index contributed by atoms with van der Waals surface area (Å²) in [5, 5.41) is 8.95. The van der Waals surface area contributed by atoms with Gasteiger partial charge in [0.1, 0.15) is 5.82 Å². The largest absolute Gasteiger partial charge is 0.481 e. The summed E-state index contributed by atoms with van der Waals surface area (Å²) in [4.78, 5) is 15.4. The van der Waals surface area contributed by atoms with Gasteiger partial charge in [0.05, 0.1) is 17.8 Å². The van der Waals surface area contributed by atoms with Crippen molar-refractivity contribution >= 4 is 5.97 Å². The number of carbonyl (C=O) groups is 1. The number of carboxylic acid groups (broad SMARTS) is 1. The molecular formula is C15H18N2O2. The Morgan fingerprint density at radius 3 is 2.58 bits per heavy atom. The van der Waals surface area contributed by atoms with E-state index < -0.39 is 5.97 Å². The molecule has 1 aromatic carbocycles. The summed E-state index contributed by atoms with van der Waals surface area (Å²) < 4.78 is 1.88. The molecule has 4 nitrogen and oxygen atoms in total. The van der Waals surface area contributed by atoms with E-state index in [9.17, 15) is 4.79 Å². The molecule has 2 rings (SSSR count). The van der Waals surface area contributed by atoms with Crippen molar-refractivity contribution in [3.8, 4) is 11.4 Å². The van der Waals surface area contributed by atoms with Crippen LogP contribution in [0.25, 0.3) is 11.4 Å². The summed E-state index contributed by atoms with van der Waals surface area (Å²) in [6.45, 7) is 5.95. The van der Waals surface area contributed by atoms with Gasteiger partial charge in [0.2, 0.25) is 0 Å². The predicted molar refractivity (Wildman–Crippen MR) is 74.2 cm³/mol. The zero-order chi connectivity index (χ0) is 14.2. The lowest BCUT2D eigenvalue weighted by atomic mass is 10.1. The average molecular weight is 258 g/mol. The van der Waals surface area contributed by atoms with Crippen molar-refractivity contribution in [2.24, 2.45) is 7.05 Å². The Bertz CT molecular complexity index is 642. The molecule has 0 fully saturated rings. The van der Waals surface area contributed by atoms with Crippen LogP contribution in [0.2, 0.25) is 0 Å². The molecule has 0 radical (unpaired) electrons. The fourth-order valence-electron chi connectivity index (χ4n) is 2.36. The molecule has 0 aliphatic rings. The zero-order valence-corrected chi connectivity index (χ0v) is 11.7. The smallest absolute Gasteiger partial charge is 0.309 e. The Kier molecular flexibility index (Phi) is 3.42. The highest BCUT2D eigenvalue weighted by Gasteiger charge is 2.16. The predicted octanol–water partition coefficient (Wildman–Crippen LogP) is 2.64. The van der Waals surface area contributed by atoms with Crippen LogP contribution in [0.15, 0.2) is 18.2 Å². The van der Waals surface area contributed by atoms with Crippen LogP contribution in [-0.2, 0) is 18.3 Å². The number of hydrogen-bond acceptors (Lipinski definition) is 2. The minimum absolute atomic E-state index is 0.000240. The molecule has 0 saturated carbocycles. The second kappa shape index (κ2) is 4.88. The van der Waals surface area contributed by atoms with E-state index >= 15 is 0 Å². The first-order valence-electron chi connectivity index (χ1n) is 6.21. The molecule has 0 amide bonds. The minimum atomic E-state index is -0.835. The van der Waals surface area contributed by atoms with Gasteiger partial charge in [0.15, 0.2) is 0 Å². The van der Waals surface area contributed by atoms with Crippen molar-refractivity contribution in [3.63, 3.8) is 0 Å². The van der Waals surface area contributed by atoms with Gasteiger partial charge < -0.3 is 9.67 Å². The number of imidazole rings is 1. The van der Waals surface area contributed by atoms with Crippen molar-refractivity contribution in [2.75, 3.05) is 0 Å². The second-order valence-electron chi connectivity index (χ2n) is 4.92. The topological polar surface area (TPSA) is 55.1 Å². The number of aliphatic carboxylic acids is 1. The van der Waals surface area contributed by atoms with Crippen LogP contribution in [0.1, 0.15) is 22.5 Å². The van der Waals surface area contributed by atoms with Gasteiger partial charge in [-0.1, -0.05) is 23.8 Å². The van der Waals surface area contributed by atoms with Crippen molar-refractivity contribution in [1.29, 1.82) is 0 Å². The van der Waals surface area contributed by atoms with Gasteiger partial charge in [-0.15, -0.1) is 0 Å². The highest BCUT2D eigenvalue weighted by atomic mass is 16.4. The summed E-state index contributed by atoms with van der Waals surface area (Å²) in [5.41, 5.74) is 4.93. The van der Waals surface area contributed by atoms with Crippen molar-refractivity contribution < 1.29 is 9.90 Å². The first kappa shape index (κ1) is 13.3. The standard InChI is InChI=1S/C15H18N2O2/c1-9-5-6-12(10(2)7-9)15-16-11(3)13(17(15)4)8-14(18)19/h5-7H,8H2,1-4H3,(H,18,19). The van der Waals surface area contributed by atoms with E-state index in [0.717, 1.165) is 28.3 Å². The molecule has 0 aliphatic carbocycles. The summed E-state index contributed by atoms with van der Waals surface area (Å²) in [6, 6.07) is 6.19. The van der Waals surface area contributed by atoms with E-state index in [0.29, 0.717) is 0 Å². The van der Waals surface area contributed by atoms with Gasteiger partial charge in [0.25, 0.3) is 0 Å². The molecule has 1 heterocycles. The van der Waals surface area contributed by atoms with E-state index in [4.69, 9.17) is 5.11 Å². The monoisotopic (exact) mass is 258 g/mol. The fraction of sp³-hybridized carbons (Fsp3) is 0.333. The van der Waals surface area contributed by atoms with E-state index in [2.05, 4.69) is 18.0 Å². The number of hydrogen-bond donors (Lipinski definition) is 1. The number of aromatic nitrogens is 2. The molecule has 1 N–H and O–H groups in total. The second-order valence-corrected chi connectivity index (χ2v) is 4.92. The molecule has 19 heavy (non-hydrogen) atoms. The number of rotatable bonds is 3. The van der Waals surface area contributed by atoms with Gasteiger partial charge in [0, 0.05) is 12.6 Å². The summed E-state index contributed by atoms with van der Waals surface area (Å²) in [5.74, 6) is -0.00970. The van der Waals surface area contributed by atoms with Crippen molar-refractivity contribution in [3.05, 3.63) is 40.7 Å². The van der Waals surface area contributed by atoms with E-state index in [1.54, 1.807) is 0 Å². The molecule has 100 valence electrons. The Morgan fingerprint density at radius 2 is 2.00 bits per heavy atom. The first-order chi connectivity index (χ1) is 8.90.